The van der Waals surface area contributed by atoms with Crippen molar-refractivity contribution < 1.29 is 8.42 Å². The van der Waals surface area contributed by atoms with E-state index in [1.54, 1.807) is 12.1 Å². The summed E-state index contributed by atoms with van der Waals surface area (Å²) in [5.74, 6) is 0.335. The van der Waals surface area contributed by atoms with Gasteiger partial charge in [0.2, 0.25) is 10.0 Å². The molecule has 0 spiro atoms. The zero-order valence-corrected chi connectivity index (χ0v) is 11.3. The van der Waals surface area contributed by atoms with Crippen molar-refractivity contribution in [2.24, 2.45) is 0 Å². The van der Waals surface area contributed by atoms with Gasteiger partial charge in [-0.05, 0) is 31.9 Å². The smallest absolute Gasteiger partial charge is 0.207 e. The van der Waals surface area contributed by atoms with Crippen LogP contribution < -0.4 is 0 Å². The lowest BCUT2D eigenvalue weighted by Crippen LogP contribution is -2.34. The number of rotatable bonds is 5. The minimum Gasteiger partial charge on any atom is -0.207 e. The second-order valence-corrected chi connectivity index (χ2v) is 6.62. The molecule has 1 aliphatic carbocycles. The van der Waals surface area contributed by atoms with Crippen molar-refractivity contribution in [3.8, 4) is 0 Å². The standard InChI is InChI=1S/C12H16ClNO2S/c1-10-2-6-12(7-3-10)17(15,16)14(9-8-13)11-4-5-11/h2-3,6-7,11H,4-5,8-9H2,1H3. The van der Waals surface area contributed by atoms with Gasteiger partial charge in [0.05, 0.1) is 4.90 Å². The first-order chi connectivity index (χ1) is 8.05. The molecular formula is C12H16ClNO2S. The van der Waals surface area contributed by atoms with Crippen LogP contribution in [0.5, 0.6) is 0 Å². The third-order valence-electron chi connectivity index (χ3n) is 2.89. The van der Waals surface area contributed by atoms with Crippen LogP contribution in [0, 0.1) is 6.92 Å². The monoisotopic (exact) mass is 273 g/mol. The molecule has 94 valence electrons. The molecule has 0 unspecified atom stereocenters. The third-order valence-corrected chi connectivity index (χ3v) is 5.02. The highest BCUT2D eigenvalue weighted by Gasteiger charge is 2.37. The zero-order chi connectivity index (χ0) is 12.5. The first-order valence-electron chi connectivity index (χ1n) is 5.70. The van der Waals surface area contributed by atoms with Gasteiger partial charge in [-0.25, -0.2) is 8.42 Å². The Morgan fingerprint density at radius 3 is 2.35 bits per heavy atom. The van der Waals surface area contributed by atoms with Crippen LogP contribution in [0.15, 0.2) is 29.2 Å². The van der Waals surface area contributed by atoms with Crippen LogP contribution >= 0.6 is 11.6 Å². The van der Waals surface area contributed by atoms with Crippen LogP contribution in [0.3, 0.4) is 0 Å². The Kier molecular flexibility index (Phi) is 3.76. The summed E-state index contributed by atoms with van der Waals surface area (Å²) < 4.78 is 26.3. The molecule has 0 amide bonds. The number of halogens is 1. The van der Waals surface area contributed by atoms with Crippen molar-refractivity contribution in [2.75, 3.05) is 12.4 Å². The molecule has 2 rings (SSSR count). The van der Waals surface area contributed by atoms with E-state index in [1.165, 1.54) is 4.31 Å². The number of aryl methyl sites for hydroxylation is 1. The summed E-state index contributed by atoms with van der Waals surface area (Å²) in [4.78, 5) is 0.361. The molecule has 17 heavy (non-hydrogen) atoms. The Morgan fingerprint density at radius 2 is 1.88 bits per heavy atom. The molecule has 1 aromatic rings. The SMILES string of the molecule is Cc1ccc(S(=O)(=O)N(CCCl)C2CC2)cc1. The van der Waals surface area contributed by atoms with Crippen molar-refractivity contribution in [1.82, 2.24) is 4.31 Å². The normalized spacial score (nSPS) is 16.4. The fourth-order valence-electron chi connectivity index (χ4n) is 1.79. The molecule has 0 radical (unpaired) electrons. The molecular weight excluding hydrogens is 258 g/mol. The summed E-state index contributed by atoms with van der Waals surface area (Å²) in [6.45, 7) is 2.33. The first kappa shape index (κ1) is 12.9. The van der Waals surface area contributed by atoms with Crippen molar-refractivity contribution >= 4 is 21.6 Å². The van der Waals surface area contributed by atoms with E-state index in [4.69, 9.17) is 11.6 Å². The summed E-state index contributed by atoms with van der Waals surface area (Å²) >= 11 is 5.68. The van der Waals surface area contributed by atoms with Crippen LogP contribution in [0.2, 0.25) is 0 Å². The number of alkyl halides is 1. The van der Waals surface area contributed by atoms with Crippen molar-refractivity contribution in [1.29, 1.82) is 0 Å². The maximum Gasteiger partial charge on any atom is 0.243 e. The Bertz CT molecular complexity index is 480. The maximum absolute atomic E-state index is 12.4. The van der Waals surface area contributed by atoms with Crippen LogP contribution in [0.25, 0.3) is 0 Å². The number of hydrogen-bond donors (Lipinski definition) is 0. The van der Waals surface area contributed by atoms with Crippen LogP contribution in [0.1, 0.15) is 18.4 Å². The molecule has 0 atom stereocenters. The second-order valence-electron chi connectivity index (χ2n) is 4.35. The number of benzene rings is 1. The molecule has 1 fully saturated rings. The largest absolute Gasteiger partial charge is 0.243 e. The minimum absolute atomic E-state index is 0.153. The molecule has 5 heteroatoms. The molecule has 0 aromatic heterocycles. The lowest BCUT2D eigenvalue weighted by atomic mass is 10.2. The van der Waals surface area contributed by atoms with Gasteiger partial charge < -0.3 is 0 Å². The Labute approximate surface area is 107 Å². The van der Waals surface area contributed by atoms with Gasteiger partial charge in [0.15, 0.2) is 0 Å². The van der Waals surface area contributed by atoms with Gasteiger partial charge in [0.1, 0.15) is 0 Å². The highest BCUT2D eigenvalue weighted by atomic mass is 35.5. The summed E-state index contributed by atoms with van der Waals surface area (Å²) in [5, 5.41) is 0. The Hall–Kier alpha value is -0.580. The lowest BCUT2D eigenvalue weighted by molar-refractivity contribution is 0.422. The molecule has 1 saturated carbocycles. The summed E-state index contributed by atoms with van der Waals surface area (Å²) in [5.41, 5.74) is 1.05. The van der Waals surface area contributed by atoms with E-state index in [0.717, 1.165) is 18.4 Å². The predicted molar refractivity (Wildman–Crippen MR) is 68.8 cm³/mol. The van der Waals surface area contributed by atoms with E-state index >= 15 is 0 Å². The van der Waals surface area contributed by atoms with E-state index in [2.05, 4.69) is 0 Å². The van der Waals surface area contributed by atoms with Crippen LogP contribution in [0.4, 0.5) is 0 Å². The van der Waals surface area contributed by atoms with E-state index in [1.807, 2.05) is 19.1 Å². The molecule has 1 aliphatic rings. The van der Waals surface area contributed by atoms with Crippen molar-refractivity contribution in [3.05, 3.63) is 29.8 Å². The van der Waals surface area contributed by atoms with Gasteiger partial charge in [0.25, 0.3) is 0 Å². The fourth-order valence-corrected chi connectivity index (χ4v) is 3.76. The number of nitrogens with zero attached hydrogens (tertiary/aromatic N) is 1. The van der Waals surface area contributed by atoms with Gasteiger partial charge in [-0.2, -0.15) is 4.31 Å². The minimum atomic E-state index is -3.37. The second kappa shape index (κ2) is 4.96. The molecule has 0 aliphatic heterocycles. The van der Waals surface area contributed by atoms with Crippen molar-refractivity contribution in [3.63, 3.8) is 0 Å². The zero-order valence-electron chi connectivity index (χ0n) is 9.77. The van der Waals surface area contributed by atoms with E-state index < -0.39 is 10.0 Å². The number of sulfonamides is 1. The molecule has 0 saturated heterocycles. The Balaban J connectivity index is 2.30. The lowest BCUT2D eigenvalue weighted by Gasteiger charge is -2.20. The molecule has 1 aromatic carbocycles. The fraction of sp³-hybridized carbons (Fsp3) is 0.500. The van der Waals surface area contributed by atoms with E-state index in [9.17, 15) is 8.42 Å². The summed E-state index contributed by atoms with van der Waals surface area (Å²) in [6.07, 6.45) is 1.89. The average molecular weight is 274 g/mol. The Morgan fingerprint density at radius 1 is 1.29 bits per heavy atom. The predicted octanol–water partition coefficient (Wildman–Crippen LogP) is 2.39. The van der Waals surface area contributed by atoms with Gasteiger partial charge in [-0.1, -0.05) is 17.7 Å². The first-order valence-corrected chi connectivity index (χ1v) is 7.67. The van der Waals surface area contributed by atoms with Gasteiger partial charge in [-0.15, -0.1) is 11.6 Å². The van der Waals surface area contributed by atoms with E-state index in [-0.39, 0.29) is 6.04 Å². The highest BCUT2D eigenvalue weighted by Crippen LogP contribution is 2.31. The third kappa shape index (κ3) is 2.81. The van der Waals surface area contributed by atoms with Crippen LogP contribution in [-0.4, -0.2) is 31.2 Å². The van der Waals surface area contributed by atoms with Gasteiger partial charge >= 0.3 is 0 Å². The van der Waals surface area contributed by atoms with E-state index in [0.29, 0.717) is 17.3 Å². The number of hydrogen-bond acceptors (Lipinski definition) is 2. The molecule has 0 bridgehead atoms. The summed E-state index contributed by atoms with van der Waals surface area (Å²) in [6, 6.07) is 7.11. The maximum atomic E-state index is 12.4. The average Bonchev–Trinajstić information content (AvgIpc) is 3.10. The molecule has 0 N–H and O–H groups in total. The molecule has 3 nitrogen and oxygen atoms in total. The highest BCUT2D eigenvalue weighted by molar-refractivity contribution is 7.89. The molecule has 0 heterocycles. The van der Waals surface area contributed by atoms with Crippen molar-refractivity contribution in [2.45, 2.75) is 30.7 Å². The topological polar surface area (TPSA) is 37.4 Å². The van der Waals surface area contributed by atoms with Gasteiger partial charge in [-0.3, -0.25) is 0 Å². The van der Waals surface area contributed by atoms with Crippen LogP contribution in [-0.2, 0) is 10.0 Å². The van der Waals surface area contributed by atoms with Gasteiger partial charge in [0, 0.05) is 18.5 Å². The quantitative estimate of drug-likeness (QED) is 0.773. The summed E-state index contributed by atoms with van der Waals surface area (Å²) in [7, 11) is -3.37.